The summed E-state index contributed by atoms with van der Waals surface area (Å²) in [6, 6.07) is 0. The molecule has 143 heavy (non-hydrogen) atoms. The van der Waals surface area contributed by atoms with Crippen LogP contribution < -0.4 is 72.7 Å². The normalized spacial score (nSPS) is 17.3. The largest absolute Gasteiger partial charge is 0.382 e. The summed E-state index contributed by atoms with van der Waals surface area (Å²) in [6.07, 6.45) is 11.6. The first-order valence-corrected chi connectivity index (χ1v) is 48.0. The average molecular weight is 2010 g/mol. The second-order valence-corrected chi connectivity index (χ2v) is 36.7. The Balaban J connectivity index is 0.000000117. The summed E-state index contributed by atoms with van der Waals surface area (Å²) in [6.45, 7) is 36.8. The van der Waals surface area contributed by atoms with Crippen LogP contribution in [-0.2, 0) is 47.0 Å². The molecule has 56 heteroatoms. The van der Waals surface area contributed by atoms with E-state index in [0.29, 0.717) is 66.9 Å². The third-order valence-electron chi connectivity index (χ3n) is 26.1. The van der Waals surface area contributed by atoms with Gasteiger partial charge in [-0.1, -0.05) is 0 Å². The van der Waals surface area contributed by atoms with Crippen LogP contribution in [0.1, 0.15) is 0 Å². The van der Waals surface area contributed by atoms with Crippen molar-refractivity contribution in [2.24, 2.45) is 42.3 Å². The van der Waals surface area contributed by atoms with Crippen molar-refractivity contribution in [1.29, 1.82) is 0 Å². The van der Waals surface area contributed by atoms with Gasteiger partial charge in [-0.15, -0.1) is 0 Å². The molecule has 0 unspecified atom stereocenters. The number of H-pyrrole nitrogens is 3. The van der Waals surface area contributed by atoms with E-state index in [-0.39, 0.29) is 27.9 Å². The Labute approximate surface area is 833 Å². The van der Waals surface area contributed by atoms with Gasteiger partial charge >= 0.3 is 17.5 Å². The van der Waals surface area contributed by atoms with Crippen LogP contribution in [0.4, 0.5) is 80.3 Å². The van der Waals surface area contributed by atoms with Gasteiger partial charge in [0.15, 0.2) is 45.4 Å². The molecule has 15 aromatic rings. The average Bonchev–Trinajstić information content (AvgIpc) is 1.63. The molecule has 0 atom stereocenters. The first kappa shape index (κ1) is 102. The van der Waals surface area contributed by atoms with Crippen LogP contribution in [-0.4, -0.2) is 455 Å². The van der Waals surface area contributed by atoms with Crippen molar-refractivity contribution in [2.75, 3.05) is 334 Å². The summed E-state index contributed by atoms with van der Waals surface area (Å²) < 4.78 is 29.1. The number of ether oxygens (including phenoxy) is 1. The molecule has 0 aromatic carbocycles. The third-order valence-corrected chi connectivity index (χ3v) is 26.4. The Kier molecular flexibility index (Phi) is 32.6. The number of aromatic amines is 3. The lowest BCUT2D eigenvalue weighted by Gasteiger charge is -2.33. The second-order valence-electron chi connectivity index (χ2n) is 36.1. The van der Waals surface area contributed by atoms with Crippen molar-refractivity contribution >= 4 is 177 Å². The highest BCUT2D eigenvalue weighted by atomic mass is 35.5. The van der Waals surface area contributed by atoms with E-state index in [1.54, 1.807) is 74.8 Å². The van der Waals surface area contributed by atoms with E-state index >= 15 is 0 Å². The van der Waals surface area contributed by atoms with E-state index in [1.807, 2.05) is 57.9 Å². The van der Waals surface area contributed by atoms with Crippen LogP contribution >= 0.6 is 23.2 Å². The predicted molar refractivity (Wildman–Crippen MR) is 552 cm³/mol. The van der Waals surface area contributed by atoms with Gasteiger partial charge in [-0.2, -0.15) is 89.7 Å². The van der Waals surface area contributed by atoms with Crippen LogP contribution in [0.5, 0.6) is 0 Å². The summed E-state index contributed by atoms with van der Waals surface area (Å²) in [7, 11) is 29.4. The molecular weight excluding hydrogens is 1880 g/mol. The zero-order chi connectivity index (χ0) is 101. The number of anilines is 12. The number of nitrogens with one attached hydrogen (secondary N) is 5. The van der Waals surface area contributed by atoms with E-state index in [9.17, 15) is 14.0 Å². The molecule has 9 N–H and O–H groups in total. The summed E-state index contributed by atoms with van der Waals surface area (Å²) in [5, 5.41) is 34.8. The Morgan fingerprint density at radius 1 is 0.364 bits per heavy atom. The number of morpholine rings is 1. The molecule has 15 aromatic heterocycles. The third kappa shape index (κ3) is 24.1. The van der Waals surface area contributed by atoms with Crippen LogP contribution in [0, 0.1) is 12.7 Å². The molecule has 0 spiro atoms. The maximum absolute atomic E-state index is 13.5. The van der Waals surface area contributed by atoms with Gasteiger partial charge in [-0.3, -0.25) is 33.8 Å². The molecule has 23 heterocycles. The molecular formula is C87H125Cl2FN50O3. The number of halogens is 3. The van der Waals surface area contributed by atoms with E-state index in [2.05, 4.69) is 254 Å². The molecule has 8 aliphatic rings. The van der Waals surface area contributed by atoms with Gasteiger partial charge in [0.2, 0.25) is 28.4 Å². The number of imidazole rings is 2. The highest BCUT2D eigenvalue weighted by molar-refractivity contribution is 6.29. The lowest BCUT2D eigenvalue weighted by Crippen LogP contribution is -2.45. The summed E-state index contributed by atoms with van der Waals surface area (Å²) in [5.74, 6) is 7.85. The first-order chi connectivity index (χ1) is 68.9. The van der Waals surface area contributed by atoms with Gasteiger partial charge in [0.25, 0.3) is 5.69 Å². The molecule has 0 aliphatic carbocycles. The lowest BCUT2D eigenvalue weighted by atomic mass is 10.3. The van der Waals surface area contributed by atoms with Crippen molar-refractivity contribution in [1.82, 2.24) is 182 Å². The number of aryl methyl sites for hydroxylation is 6. The summed E-state index contributed by atoms with van der Waals surface area (Å²) in [4.78, 5) is 133. The molecule has 8 aliphatic heterocycles. The van der Waals surface area contributed by atoms with Crippen LogP contribution in [0.3, 0.4) is 0 Å². The zero-order valence-corrected chi connectivity index (χ0v) is 84.9. The number of nitrogens with zero attached hydrogens (tertiary/aromatic N) is 43. The van der Waals surface area contributed by atoms with Crippen LogP contribution in [0.2, 0.25) is 10.6 Å². The first-order valence-electron chi connectivity index (χ1n) is 47.3. The van der Waals surface area contributed by atoms with Gasteiger partial charge in [0.1, 0.15) is 57.5 Å². The van der Waals surface area contributed by atoms with Crippen molar-refractivity contribution in [3.63, 3.8) is 0 Å². The number of piperazine rings is 7. The Hall–Kier alpha value is -14.2. The van der Waals surface area contributed by atoms with Crippen molar-refractivity contribution in [3.8, 4) is 0 Å². The number of fused-ring (bicyclic) bond motifs is 7. The summed E-state index contributed by atoms with van der Waals surface area (Å²) in [5.41, 5.74) is 17.9. The van der Waals surface area contributed by atoms with Crippen molar-refractivity contribution < 1.29 is 9.13 Å². The fourth-order valence-corrected chi connectivity index (χ4v) is 17.7. The quantitative estimate of drug-likeness (QED) is 0.0740. The maximum Gasteiger partial charge on any atom is 0.348 e. The predicted octanol–water partition coefficient (Wildman–Crippen LogP) is 0.940. The standard InChI is InChI=1S/2C11H15ClN6.C11H15FN6.2C11H17N7.2C11H16N6O.C10H14N6O/c1-16-3-5-18(6-4-16)10-8-9(14-11(12)15-10)17(2)7-13-8;3*1-16-3-5-18(6-4-16)10-8-7-13-17(2)9(8)14-11(12)15-10;1-12-9-8-7-13-16-10(8)15-11(14-9)18-5-3-17(2)4-6-18;1-15-3-5-17(6-4-15)10-8-9(13-11(18)14-10)16(2)7-12-8;1-15-3-5-17(6-4-15)10-8-7-12-16(2)9(8)13-11(18)14-10;1-12-7-8(13-2)14-10(11)15-9(7)16-3-5-17-6-4-16/h3*7H,3-6H2,1-2H3;7H,3-6H2,1-2H3,(H2,12,14,15);7H,3-6H2,1-2H3,(H2,12,13,14,15,16);2*7H,3-6H2,1-2H3,(H,13,14,18);3-6H2,2H3,(H3,11,13,14,15). The van der Waals surface area contributed by atoms with Gasteiger partial charge < -0.3 is 109 Å². The number of nitrogens with two attached hydrogens (primary N) is 2. The topological polar surface area (TPSA) is 520 Å². The molecule has 23 rings (SSSR count). The number of rotatable bonds is 10. The second kappa shape index (κ2) is 45.8. The Morgan fingerprint density at radius 2 is 0.734 bits per heavy atom. The van der Waals surface area contributed by atoms with Gasteiger partial charge in [-0.25, -0.2) is 34.4 Å². The minimum atomic E-state index is -0.694. The number of hydrogen-bond donors (Lipinski definition) is 7. The van der Waals surface area contributed by atoms with Crippen molar-refractivity contribution in [3.05, 3.63) is 92.7 Å². The molecule has 0 radical (unpaired) electrons. The van der Waals surface area contributed by atoms with E-state index < -0.39 is 6.08 Å². The minimum Gasteiger partial charge on any atom is -0.382 e. The van der Waals surface area contributed by atoms with E-state index in [4.69, 9.17) is 46.0 Å². The van der Waals surface area contributed by atoms with E-state index in [0.717, 1.165) is 290 Å². The molecule has 0 saturated carbocycles. The lowest BCUT2D eigenvalue weighted by molar-refractivity contribution is 0.122. The van der Waals surface area contributed by atoms with Gasteiger partial charge in [-0.05, 0) is 72.5 Å². The fraction of sp³-hybridized carbons (Fsp3) is 0.540. The zero-order valence-electron chi connectivity index (χ0n) is 83.4. The highest BCUT2D eigenvalue weighted by Crippen LogP contribution is 2.36. The minimum absolute atomic E-state index is 0.170. The molecule has 0 bridgehead atoms. The van der Waals surface area contributed by atoms with Crippen molar-refractivity contribution in [2.45, 2.75) is 0 Å². The Bertz CT molecular complexity index is 6480. The van der Waals surface area contributed by atoms with Crippen LogP contribution in [0.25, 0.3) is 82.3 Å². The molecule has 8 fully saturated rings. The smallest absolute Gasteiger partial charge is 0.348 e. The molecule has 762 valence electrons. The number of hydrogen-bond acceptors (Lipinski definition) is 43. The van der Waals surface area contributed by atoms with Crippen LogP contribution in [0.15, 0.2) is 53.2 Å². The molecule has 0 amide bonds. The van der Waals surface area contributed by atoms with E-state index in [1.165, 1.54) is 0 Å². The van der Waals surface area contributed by atoms with Gasteiger partial charge in [0, 0.05) is 253 Å². The SMILES string of the molecule is CN1CCN(c2nc(=O)[nH]c3c2cnn3C)CC1.CN1CCN(c2nc(=O)[nH]c3c2ncn3C)CC1.CN1CCN(c2nc(Cl)nc3c2cnn3C)CC1.CN1CCN(c2nc(Cl)nc3c2ncn3C)CC1.CN1CCN(c2nc(F)nc3c2cnn3C)CC1.CN1CCN(c2nc(N)nc3c2cnn3C)CC1.CNc1nc(N2CCN(C)CC2)nc2[nH]ncc12.[C-]#[N+]c1c(NC)nc(N)nc1N1CCOCC1. The highest BCUT2D eigenvalue weighted by Gasteiger charge is 2.30. The number of aromatic nitrogens is 30. The monoisotopic (exact) mass is 2010 g/mol. The maximum atomic E-state index is 13.5. The molecule has 53 nitrogen and oxygen atoms in total. The molecule has 8 saturated heterocycles. The number of nitrogen functional groups attached to an aromatic ring is 2. The van der Waals surface area contributed by atoms with Gasteiger partial charge in [0.05, 0.1) is 90.4 Å². The Morgan fingerprint density at radius 3 is 1.22 bits per heavy atom. The fourth-order valence-electron chi connectivity index (χ4n) is 17.4. The summed E-state index contributed by atoms with van der Waals surface area (Å²) >= 11 is 12.0. The number of likely N-dealkylation sites (N-methyl/N-ethyl adjacent to an activating group) is 7.